The van der Waals surface area contributed by atoms with E-state index in [-0.39, 0.29) is 17.9 Å². The molecule has 0 aliphatic heterocycles. The number of nitrogens with one attached hydrogen (secondary N) is 2. The Hall–Kier alpha value is -2.38. The maximum atomic E-state index is 11.9. The maximum absolute atomic E-state index is 11.9. The number of fused-ring (bicyclic) bond motifs is 1. The van der Waals surface area contributed by atoms with E-state index in [0.717, 1.165) is 0 Å². The molecule has 0 aliphatic carbocycles. The highest BCUT2D eigenvalue weighted by Gasteiger charge is 2.13. The predicted molar refractivity (Wildman–Crippen MR) is 76.4 cm³/mol. The summed E-state index contributed by atoms with van der Waals surface area (Å²) in [5, 5.41) is 8.62. The van der Waals surface area contributed by atoms with Gasteiger partial charge in [-0.05, 0) is 12.3 Å². The Morgan fingerprint density at radius 3 is 2.67 bits per heavy atom. The topological polar surface area (TPSA) is 121 Å². The summed E-state index contributed by atoms with van der Waals surface area (Å²) in [6, 6.07) is 0. The third-order valence-corrected chi connectivity index (χ3v) is 3.03. The van der Waals surface area contributed by atoms with Gasteiger partial charge in [0.2, 0.25) is 0 Å². The number of aryl methyl sites for hydroxylation is 1. The van der Waals surface area contributed by atoms with Gasteiger partial charge in [0, 0.05) is 19.4 Å². The van der Waals surface area contributed by atoms with Gasteiger partial charge >= 0.3 is 11.7 Å². The van der Waals surface area contributed by atoms with Gasteiger partial charge in [0.1, 0.15) is 11.3 Å². The Labute approximate surface area is 119 Å². The number of nitrogens with zero attached hydrogens (tertiary/aromatic N) is 2. The molecule has 0 saturated heterocycles. The second-order valence-electron chi connectivity index (χ2n) is 5.39. The number of hydrogen-bond acceptors (Lipinski definition) is 4. The number of aliphatic carboxylic acids is 1. The van der Waals surface area contributed by atoms with Gasteiger partial charge < -0.3 is 10.1 Å². The van der Waals surface area contributed by atoms with E-state index >= 15 is 0 Å². The first-order valence-electron chi connectivity index (χ1n) is 6.82. The van der Waals surface area contributed by atoms with Crippen LogP contribution in [0.15, 0.2) is 9.59 Å². The SMILES string of the molecule is CC(C)Cn1c(=O)[nH]c(=O)c2[nH]c(CCCC(=O)O)nc21. The van der Waals surface area contributed by atoms with Crippen molar-refractivity contribution in [3.63, 3.8) is 0 Å². The third-order valence-electron chi connectivity index (χ3n) is 3.03. The van der Waals surface area contributed by atoms with Crippen molar-refractivity contribution in [2.24, 2.45) is 5.92 Å². The number of carboxylic acids is 1. The lowest BCUT2D eigenvalue weighted by Gasteiger charge is -2.07. The van der Waals surface area contributed by atoms with E-state index < -0.39 is 17.2 Å². The Kier molecular flexibility index (Phi) is 4.25. The highest BCUT2D eigenvalue weighted by atomic mass is 16.4. The summed E-state index contributed by atoms with van der Waals surface area (Å²) >= 11 is 0. The van der Waals surface area contributed by atoms with Gasteiger partial charge in [-0.15, -0.1) is 0 Å². The average molecular weight is 294 g/mol. The van der Waals surface area contributed by atoms with Crippen molar-refractivity contribution in [1.82, 2.24) is 19.5 Å². The molecule has 0 aliphatic rings. The number of carboxylic acid groups (broad SMARTS) is 1. The molecule has 2 heterocycles. The molecule has 0 aromatic carbocycles. The lowest BCUT2D eigenvalue weighted by molar-refractivity contribution is -0.137. The van der Waals surface area contributed by atoms with Crippen LogP contribution in [0.5, 0.6) is 0 Å². The van der Waals surface area contributed by atoms with E-state index in [0.29, 0.717) is 30.9 Å². The monoisotopic (exact) mass is 294 g/mol. The summed E-state index contributed by atoms with van der Waals surface area (Å²) < 4.78 is 1.43. The van der Waals surface area contributed by atoms with E-state index in [1.54, 1.807) is 0 Å². The second-order valence-corrected chi connectivity index (χ2v) is 5.39. The van der Waals surface area contributed by atoms with Gasteiger partial charge in [-0.25, -0.2) is 9.78 Å². The molecular formula is C13H18N4O4. The largest absolute Gasteiger partial charge is 0.481 e. The van der Waals surface area contributed by atoms with Crippen LogP contribution < -0.4 is 11.2 Å². The summed E-state index contributed by atoms with van der Waals surface area (Å²) in [5.74, 6) is -0.135. The average Bonchev–Trinajstić information content (AvgIpc) is 2.78. The Balaban J connectivity index is 2.40. The zero-order valence-corrected chi connectivity index (χ0v) is 12.0. The predicted octanol–water partition coefficient (Wildman–Crippen LogP) is 0.476. The molecule has 0 radical (unpaired) electrons. The van der Waals surface area contributed by atoms with Crippen molar-refractivity contribution in [3.8, 4) is 0 Å². The van der Waals surface area contributed by atoms with Gasteiger partial charge in [0.25, 0.3) is 5.56 Å². The maximum Gasteiger partial charge on any atom is 0.330 e. The van der Waals surface area contributed by atoms with Crippen LogP contribution in [-0.2, 0) is 17.8 Å². The van der Waals surface area contributed by atoms with Gasteiger partial charge in [0.15, 0.2) is 5.65 Å². The van der Waals surface area contributed by atoms with Crippen molar-refractivity contribution in [2.75, 3.05) is 0 Å². The highest BCUT2D eigenvalue weighted by molar-refractivity contribution is 5.69. The quantitative estimate of drug-likeness (QED) is 0.715. The lowest BCUT2D eigenvalue weighted by Crippen LogP contribution is -2.31. The molecule has 2 rings (SSSR count). The van der Waals surface area contributed by atoms with Crippen molar-refractivity contribution < 1.29 is 9.90 Å². The van der Waals surface area contributed by atoms with E-state index in [4.69, 9.17) is 5.11 Å². The van der Waals surface area contributed by atoms with E-state index in [1.807, 2.05) is 13.8 Å². The van der Waals surface area contributed by atoms with Gasteiger partial charge in [0.05, 0.1) is 0 Å². The molecule has 0 saturated carbocycles. The molecule has 0 fully saturated rings. The fourth-order valence-electron chi connectivity index (χ4n) is 2.15. The second kappa shape index (κ2) is 5.94. The third kappa shape index (κ3) is 3.39. The lowest BCUT2D eigenvalue weighted by atomic mass is 10.2. The number of H-pyrrole nitrogens is 2. The van der Waals surface area contributed by atoms with Crippen LogP contribution in [0, 0.1) is 5.92 Å². The summed E-state index contributed by atoms with van der Waals surface area (Å²) in [7, 11) is 0. The van der Waals surface area contributed by atoms with Crippen molar-refractivity contribution in [3.05, 3.63) is 26.7 Å². The van der Waals surface area contributed by atoms with Crippen LogP contribution in [0.25, 0.3) is 11.2 Å². The van der Waals surface area contributed by atoms with Crippen LogP contribution >= 0.6 is 0 Å². The van der Waals surface area contributed by atoms with Gasteiger partial charge in [-0.2, -0.15) is 0 Å². The van der Waals surface area contributed by atoms with Crippen molar-refractivity contribution >= 4 is 17.1 Å². The summed E-state index contributed by atoms with van der Waals surface area (Å²) in [6.07, 6.45) is 0.865. The minimum atomic E-state index is -0.874. The molecule has 0 bridgehead atoms. The standard InChI is InChI=1S/C13H18N4O4/c1-7(2)6-17-11-10(12(20)16-13(17)21)14-8(15-11)4-3-5-9(18)19/h7H,3-6H2,1-2H3,(H,14,15)(H,18,19)(H,16,20,21). The van der Waals surface area contributed by atoms with Crippen LogP contribution in [-0.4, -0.2) is 30.6 Å². The fourth-order valence-corrected chi connectivity index (χ4v) is 2.15. The first-order chi connectivity index (χ1) is 9.88. The number of hydrogen-bond donors (Lipinski definition) is 3. The first-order valence-corrected chi connectivity index (χ1v) is 6.82. The smallest absolute Gasteiger partial charge is 0.330 e. The zero-order chi connectivity index (χ0) is 15.6. The zero-order valence-electron chi connectivity index (χ0n) is 12.0. The molecule has 114 valence electrons. The summed E-state index contributed by atoms with van der Waals surface area (Å²) in [5.41, 5.74) is -0.417. The molecular weight excluding hydrogens is 276 g/mol. The number of rotatable bonds is 6. The first kappa shape index (κ1) is 15.0. The van der Waals surface area contributed by atoms with Gasteiger partial charge in [-0.3, -0.25) is 19.1 Å². The number of aromatic nitrogens is 4. The van der Waals surface area contributed by atoms with Crippen molar-refractivity contribution in [1.29, 1.82) is 0 Å². The Morgan fingerprint density at radius 2 is 2.05 bits per heavy atom. The Bertz CT molecular complexity index is 769. The van der Waals surface area contributed by atoms with Crippen molar-refractivity contribution in [2.45, 2.75) is 39.7 Å². The fraction of sp³-hybridized carbons (Fsp3) is 0.538. The normalized spacial score (nSPS) is 11.4. The van der Waals surface area contributed by atoms with Gasteiger partial charge in [-0.1, -0.05) is 13.8 Å². The highest BCUT2D eigenvalue weighted by Crippen LogP contribution is 2.09. The van der Waals surface area contributed by atoms with E-state index in [9.17, 15) is 14.4 Å². The van der Waals surface area contributed by atoms with Crippen LogP contribution in [0.1, 0.15) is 32.5 Å². The van der Waals surface area contributed by atoms with Crippen LogP contribution in [0.2, 0.25) is 0 Å². The number of carbonyl (C=O) groups is 1. The Morgan fingerprint density at radius 1 is 1.33 bits per heavy atom. The summed E-state index contributed by atoms with van der Waals surface area (Å²) in [6.45, 7) is 4.37. The van der Waals surface area contributed by atoms with Crippen LogP contribution in [0.3, 0.4) is 0 Å². The molecule has 3 N–H and O–H groups in total. The van der Waals surface area contributed by atoms with Crippen LogP contribution in [0.4, 0.5) is 0 Å². The minimum absolute atomic E-state index is 0.0339. The van der Waals surface area contributed by atoms with E-state index in [1.165, 1.54) is 4.57 Å². The molecule has 0 unspecified atom stereocenters. The molecule has 8 heteroatoms. The number of aromatic amines is 2. The molecule has 0 amide bonds. The minimum Gasteiger partial charge on any atom is -0.481 e. The molecule has 2 aromatic rings. The molecule has 21 heavy (non-hydrogen) atoms. The molecule has 0 spiro atoms. The summed E-state index contributed by atoms with van der Waals surface area (Å²) in [4.78, 5) is 43.6. The molecule has 2 aromatic heterocycles. The number of imidazole rings is 1. The molecule has 0 atom stereocenters. The molecule has 8 nitrogen and oxygen atoms in total. The van der Waals surface area contributed by atoms with E-state index in [2.05, 4.69) is 15.0 Å².